The average molecular weight is 383 g/mol. The maximum Gasteiger partial charge on any atom is 0.317 e. The summed E-state index contributed by atoms with van der Waals surface area (Å²) in [6.45, 7) is 10.6. The third-order valence-electron chi connectivity index (χ3n) is 5.96. The Hall–Kier alpha value is -1.44. The van der Waals surface area contributed by atoms with Gasteiger partial charge < -0.3 is 5.11 Å². The normalized spacial score (nSPS) is 17.0. The van der Waals surface area contributed by atoms with Gasteiger partial charge in [-0.15, -0.1) is 0 Å². The minimum Gasteiger partial charge on any atom is -0.480 e. The number of benzene rings is 1. The Kier molecular flexibility index (Phi) is 6.15. The largest absolute Gasteiger partial charge is 0.480 e. The van der Waals surface area contributed by atoms with Crippen LogP contribution in [0.4, 0.5) is 0 Å². The maximum atomic E-state index is 13.3. The Balaban J connectivity index is 2.27. The highest BCUT2D eigenvalue weighted by Gasteiger charge is 2.34. The monoisotopic (exact) mass is 382 g/mol. The van der Waals surface area contributed by atoms with Crippen molar-refractivity contribution < 1.29 is 18.3 Å². The molecule has 26 heavy (non-hydrogen) atoms. The quantitative estimate of drug-likeness (QED) is 0.846. The first-order chi connectivity index (χ1) is 12.0. The molecule has 1 fully saturated rings. The lowest BCUT2D eigenvalue weighted by Gasteiger charge is -2.36. The first-order valence-corrected chi connectivity index (χ1v) is 10.4. The number of nitrogens with zero attached hydrogens (tertiary/aromatic N) is 2. The zero-order valence-electron chi connectivity index (χ0n) is 16.6. The van der Waals surface area contributed by atoms with Crippen LogP contribution in [0.5, 0.6) is 0 Å². The van der Waals surface area contributed by atoms with Crippen molar-refractivity contribution in [2.24, 2.45) is 0 Å². The van der Waals surface area contributed by atoms with Gasteiger partial charge in [-0.3, -0.25) is 9.69 Å². The van der Waals surface area contributed by atoms with Crippen molar-refractivity contribution in [1.82, 2.24) is 9.21 Å². The molecule has 0 bridgehead atoms. The number of rotatable bonds is 5. The molecule has 1 saturated heterocycles. The zero-order valence-corrected chi connectivity index (χ0v) is 17.4. The molecule has 0 amide bonds. The maximum absolute atomic E-state index is 13.3. The van der Waals surface area contributed by atoms with Gasteiger partial charge in [0.2, 0.25) is 10.0 Å². The third-order valence-corrected chi connectivity index (χ3v) is 8.13. The van der Waals surface area contributed by atoms with Crippen LogP contribution in [0.25, 0.3) is 0 Å². The van der Waals surface area contributed by atoms with Crippen molar-refractivity contribution >= 4 is 16.0 Å². The van der Waals surface area contributed by atoms with Gasteiger partial charge in [-0.25, -0.2) is 8.42 Å². The smallest absolute Gasteiger partial charge is 0.317 e. The van der Waals surface area contributed by atoms with Gasteiger partial charge in [0.05, 0.1) is 11.4 Å². The van der Waals surface area contributed by atoms with Crippen molar-refractivity contribution in [3.05, 3.63) is 27.8 Å². The van der Waals surface area contributed by atoms with Crippen LogP contribution in [0.1, 0.15) is 40.7 Å². The molecule has 2 rings (SSSR count). The van der Waals surface area contributed by atoms with E-state index in [9.17, 15) is 13.2 Å². The number of carboxylic acid groups (broad SMARTS) is 1. The lowest BCUT2D eigenvalue weighted by molar-refractivity contribution is -0.138. The first kappa shape index (κ1) is 20.9. The van der Waals surface area contributed by atoms with Crippen LogP contribution in [-0.2, 0) is 14.8 Å². The second kappa shape index (κ2) is 7.66. The van der Waals surface area contributed by atoms with E-state index in [0.717, 1.165) is 27.8 Å². The Morgan fingerprint density at radius 2 is 1.42 bits per heavy atom. The van der Waals surface area contributed by atoms with Crippen LogP contribution in [0.2, 0.25) is 0 Å². The Labute approximate surface area is 156 Å². The lowest BCUT2D eigenvalue weighted by Crippen LogP contribution is -2.46. The fraction of sp³-hybridized carbons (Fsp3) is 0.632. The molecule has 1 heterocycles. The number of aliphatic carboxylic acids is 1. The molecule has 0 aromatic heterocycles. The summed E-state index contributed by atoms with van der Waals surface area (Å²) in [6.07, 6.45) is 1.29. The number of carbonyl (C=O) groups is 1. The summed E-state index contributed by atoms with van der Waals surface area (Å²) in [5.41, 5.74) is 4.87. The summed E-state index contributed by atoms with van der Waals surface area (Å²) in [5.74, 6) is -0.862. The van der Waals surface area contributed by atoms with Crippen molar-refractivity contribution in [3.63, 3.8) is 0 Å². The molecule has 6 nitrogen and oxygen atoms in total. The Morgan fingerprint density at radius 1 is 1.00 bits per heavy atom. The number of carboxylic acids is 1. The van der Waals surface area contributed by atoms with Crippen LogP contribution in [0.15, 0.2) is 4.90 Å². The van der Waals surface area contributed by atoms with Crippen LogP contribution < -0.4 is 0 Å². The number of sulfonamides is 1. The van der Waals surface area contributed by atoms with E-state index in [1.165, 1.54) is 0 Å². The summed E-state index contributed by atoms with van der Waals surface area (Å²) in [6, 6.07) is 0.0984. The summed E-state index contributed by atoms with van der Waals surface area (Å²) in [5, 5.41) is 8.93. The van der Waals surface area contributed by atoms with Crippen molar-refractivity contribution in [3.8, 4) is 0 Å². The standard InChI is InChI=1S/C19H30N2O4S/c1-12-13(2)15(4)19(16(5)14(12)3)26(24,25)21-9-7-17(8-10-21)20(6)11-18(22)23/h17H,7-11H2,1-6H3,(H,22,23). The highest BCUT2D eigenvalue weighted by atomic mass is 32.2. The summed E-state index contributed by atoms with van der Waals surface area (Å²) in [4.78, 5) is 13.1. The molecule has 1 aliphatic rings. The van der Waals surface area contributed by atoms with E-state index in [4.69, 9.17) is 5.11 Å². The van der Waals surface area contributed by atoms with Gasteiger partial charge in [-0.2, -0.15) is 4.31 Å². The van der Waals surface area contributed by atoms with Crippen molar-refractivity contribution in [2.45, 2.75) is 58.4 Å². The molecule has 146 valence electrons. The number of likely N-dealkylation sites (N-methyl/N-ethyl adjacent to an activating group) is 1. The molecule has 0 atom stereocenters. The average Bonchev–Trinajstić information content (AvgIpc) is 2.57. The zero-order chi connectivity index (χ0) is 19.8. The molecular weight excluding hydrogens is 352 g/mol. The highest BCUT2D eigenvalue weighted by molar-refractivity contribution is 7.89. The summed E-state index contributed by atoms with van der Waals surface area (Å²) in [7, 11) is -1.78. The van der Waals surface area contributed by atoms with E-state index in [1.807, 2.05) is 34.6 Å². The fourth-order valence-corrected chi connectivity index (χ4v) is 5.88. The fourth-order valence-electron chi connectivity index (χ4n) is 3.85. The molecule has 7 heteroatoms. The van der Waals surface area contributed by atoms with Gasteiger partial charge in [0.1, 0.15) is 0 Å². The van der Waals surface area contributed by atoms with E-state index >= 15 is 0 Å². The SMILES string of the molecule is Cc1c(C)c(C)c(S(=O)(=O)N2CCC(N(C)CC(=O)O)CC2)c(C)c1C. The molecule has 0 unspecified atom stereocenters. The Bertz CT molecular complexity index is 780. The molecular formula is C19H30N2O4S. The van der Waals surface area contributed by atoms with E-state index in [2.05, 4.69) is 0 Å². The van der Waals surface area contributed by atoms with Crippen molar-refractivity contribution in [2.75, 3.05) is 26.7 Å². The van der Waals surface area contributed by atoms with Gasteiger partial charge in [-0.1, -0.05) is 0 Å². The second-order valence-electron chi connectivity index (χ2n) is 7.40. The minimum absolute atomic E-state index is 0.0218. The van der Waals surface area contributed by atoms with Crippen LogP contribution in [-0.4, -0.2) is 61.4 Å². The molecule has 1 N–H and O–H groups in total. The van der Waals surface area contributed by atoms with Gasteiger partial charge >= 0.3 is 5.97 Å². The van der Waals surface area contributed by atoms with Gasteiger partial charge in [-0.05, 0) is 82.3 Å². The predicted molar refractivity (Wildman–Crippen MR) is 102 cm³/mol. The predicted octanol–water partition coefficient (Wildman–Crippen LogP) is 2.40. The van der Waals surface area contributed by atoms with E-state index in [0.29, 0.717) is 30.8 Å². The molecule has 0 aliphatic carbocycles. The third kappa shape index (κ3) is 3.80. The van der Waals surface area contributed by atoms with E-state index < -0.39 is 16.0 Å². The highest BCUT2D eigenvalue weighted by Crippen LogP contribution is 2.32. The van der Waals surface area contributed by atoms with Gasteiger partial charge in [0.15, 0.2) is 0 Å². The summed E-state index contributed by atoms with van der Waals surface area (Å²) < 4.78 is 28.2. The van der Waals surface area contributed by atoms with Gasteiger partial charge in [0, 0.05) is 19.1 Å². The van der Waals surface area contributed by atoms with E-state index in [1.54, 1.807) is 16.3 Å². The molecule has 1 aromatic carbocycles. The molecule has 1 aliphatic heterocycles. The van der Waals surface area contributed by atoms with Crippen LogP contribution in [0, 0.1) is 34.6 Å². The molecule has 0 radical (unpaired) electrons. The van der Waals surface area contributed by atoms with Crippen LogP contribution >= 0.6 is 0 Å². The van der Waals surface area contributed by atoms with Crippen molar-refractivity contribution in [1.29, 1.82) is 0 Å². The Morgan fingerprint density at radius 3 is 1.85 bits per heavy atom. The minimum atomic E-state index is -3.56. The summed E-state index contributed by atoms with van der Waals surface area (Å²) >= 11 is 0. The first-order valence-electron chi connectivity index (χ1n) is 8.97. The van der Waals surface area contributed by atoms with E-state index in [-0.39, 0.29) is 12.6 Å². The number of hydrogen-bond acceptors (Lipinski definition) is 4. The molecule has 1 aromatic rings. The number of piperidine rings is 1. The van der Waals surface area contributed by atoms with Gasteiger partial charge in [0.25, 0.3) is 0 Å². The van der Waals surface area contributed by atoms with Crippen LogP contribution in [0.3, 0.4) is 0 Å². The lowest BCUT2D eigenvalue weighted by atomic mass is 9.95. The molecule has 0 saturated carbocycles. The topological polar surface area (TPSA) is 77.9 Å². The second-order valence-corrected chi connectivity index (χ2v) is 9.27. The molecule has 0 spiro atoms. The number of hydrogen-bond donors (Lipinski definition) is 1.